The number of hydrogen-bond donors (Lipinski definition) is 4. The lowest BCUT2D eigenvalue weighted by molar-refractivity contribution is -0.138. The van der Waals surface area contributed by atoms with Gasteiger partial charge in [-0.05, 0) is 19.4 Å². The number of rotatable bonds is 5. The van der Waals surface area contributed by atoms with E-state index in [1.165, 1.54) is 0 Å². The smallest absolute Gasteiger partial charge is 0.320 e. The normalized spacial score (nSPS) is 11.3. The predicted octanol–water partition coefficient (Wildman–Crippen LogP) is -0.0630. The third kappa shape index (κ3) is 8.92. The molecule has 0 aliphatic carbocycles. The molecule has 1 atom stereocenters. The van der Waals surface area contributed by atoms with Crippen LogP contribution in [0.15, 0.2) is 18.7 Å². The lowest BCUT2D eigenvalue weighted by Gasteiger charge is -2.03. The molecule has 6 N–H and O–H groups in total. The predicted molar refractivity (Wildman–Crippen MR) is 57.1 cm³/mol. The van der Waals surface area contributed by atoms with Gasteiger partial charge in [-0.2, -0.15) is 0 Å². The molecule has 1 heterocycles. The molecule has 0 radical (unpaired) electrons. The summed E-state index contributed by atoms with van der Waals surface area (Å²) >= 11 is 0. The molecule has 1 rings (SSSR count). The van der Waals surface area contributed by atoms with Crippen LogP contribution in [-0.2, 0) is 4.79 Å². The highest BCUT2D eigenvalue weighted by molar-refractivity contribution is 5.72. The molecule has 0 bridgehead atoms. The highest BCUT2D eigenvalue weighted by Crippen LogP contribution is 1.96. The second-order valence-corrected chi connectivity index (χ2v) is 2.99. The van der Waals surface area contributed by atoms with Crippen molar-refractivity contribution in [3.63, 3.8) is 0 Å². The maximum atomic E-state index is 10.1. The van der Waals surface area contributed by atoms with Crippen LogP contribution < -0.4 is 11.5 Å². The molecule has 0 spiro atoms. The minimum absolute atomic E-state index is 0.520. The van der Waals surface area contributed by atoms with Gasteiger partial charge >= 0.3 is 5.97 Å². The number of nitrogens with zero attached hydrogens (tertiary/aromatic N) is 1. The van der Waals surface area contributed by atoms with Gasteiger partial charge in [-0.25, -0.2) is 4.98 Å². The van der Waals surface area contributed by atoms with Gasteiger partial charge in [0.25, 0.3) is 0 Å². The van der Waals surface area contributed by atoms with Gasteiger partial charge in [0, 0.05) is 12.4 Å². The summed E-state index contributed by atoms with van der Waals surface area (Å²) in [5, 5.41) is 8.33. The fraction of sp³-hybridized carbons (Fsp3) is 0.556. The number of aromatic nitrogens is 2. The van der Waals surface area contributed by atoms with Gasteiger partial charge in [-0.1, -0.05) is 6.42 Å². The third-order valence-electron chi connectivity index (χ3n) is 1.69. The van der Waals surface area contributed by atoms with Gasteiger partial charge in [-0.3, -0.25) is 4.79 Å². The summed E-state index contributed by atoms with van der Waals surface area (Å²) < 4.78 is 0. The number of carboxylic acids is 1. The van der Waals surface area contributed by atoms with Crippen molar-refractivity contribution in [2.45, 2.75) is 25.3 Å². The lowest BCUT2D eigenvalue weighted by Crippen LogP contribution is -2.29. The molecule has 0 amide bonds. The van der Waals surface area contributed by atoms with Crippen molar-refractivity contribution < 1.29 is 9.90 Å². The van der Waals surface area contributed by atoms with E-state index in [0.717, 1.165) is 12.8 Å². The van der Waals surface area contributed by atoms with Crippen LogP contribution in [0.5, 0.6) is 0 Å². The molecular formula is C9H18N4O2. The topological polar surface area (TPSA) is 118 Å². The van der Waals surface area contributed by atoms with Gasteiger partial charge in [0.15, 0.2) is 0 Å². The standard InChI is InChI=1S/C6H14N2O2.C3H4N2/c7-4-2-1-3-5(8)6(9)10;1-2-5-3-4-1/h5H,1-4,7-8H2,(H,9,10);1-3H,(H,4,5). The molecule has 0 aliphatic heterocycles. The molecule has 15 heavy (non-hydrogen) atoms. The largest absolute Gasteiger partial charge is 0.480 e. The first-order valence-corrected chi connectivity index (χ1v) is 4.79. The van der Waals surface area contributed by atoms with Crippen LogP contribution in [0, 0.1) is 0 Å². The zero-order chi connectivity index (χ0) is 11.5. The monoisotopic (exact) mass is 214 g/mol. The number of H-pyrrole nitrogens is 1. The fourth-order valence-corrected chi connectivity index (χ4v) is 0.847. The van der Waals surface area contributed by atoms with Gasteiger partial charge in [0.2, 0.25) is 0 Å². The van der Waals surface area contributed by atoms with Crippen LogP contribution in [0.2, 0.25) is 0 Å². The Morgan fingerprint density at radius 2 is 2.27 bits per heavy atom. The molecule has 0 aromatic carbocycles. The number of hydrogen-bond acceptors (Lipinski definition) is 4. The maximum Gasteiger partial charge on any atom is 0.320 e. The van der Waals surface area contributed by atoms with Crippen molar-refractivity contribution in [3.05, 3.63) is 18.7 Å². The SMILES string of the molecule is NCCCCC(N)C(=O)O.c1c[nH]cn1. The molecule has 0 saturated carbocycles. The van der Waals surface area contributed by atoms with Crippen molar-refractivity contribution >= 4 is 5.97 Å². The summed E-state index contributed by atoms with van der Waals surface area (Å²) in [6.45, 7) is 0.604. The summed E-state index contributed by atoms with van der Waals surface area (Å²) in [5.41, 5.74) is 10.4. The molecule has 1 aromatic heterocycles. The molecule has 0 saturated heterocycles. The summed E-state index contributed by atoms with van der Waals surface area (Å²) in [5.74, 6) is -0.933. The quantitative estimate of drug-likeness (QED) is 0.512. The molecule has 1 unspecified atom stereocenters. The van der Waals surface area contributed by atoms with Gasteiger partial charge in [0.05, 0.1) is 6.33 Å². The number of carbonyl (C=O) groups is 1. The van der Waals surface area contributed by atoms with Crippen molar-refractivity contribution in [2.75, 3.05) is 6.54 Å². The fourth-order valence-electron chi connectivity index (χ4n) is 0.847. The number of aliphatic carboxylic acids is 1. The Kier molecular flexibility index (Phi) is 8.31. The highest BCUT2D eigenvalue weighted by atomic mass is 16.4. The molecule has 1 aromatic rings. The van der Waals surface area contributed by atoms with E-state index in [2.05, 4.69) is 9.97 Å². The number of nitrogens with two attached hydrogens (primary N) is 2. The van der Waals surface area contributed by atoms with Crippen molar-refractivity contribution in [1.29, 1.82) is 0 Å². The third-order valence-corrected chi connectivity index (χ3v) is 1.69. The number of aromatic amines is 1. The Bertz CT molecular complexity index is 221. The molecule has 0 fully saturated rings. The molecule has 6 heteroatoms. The Labute approximate surface area is 88.7 Å². The lowest BCUT2D eigenvalue weighted by atomic mass is 10.1. The number of nitrogens with one attached hydrogen (secondary N) is 1. The van der Waals surface area contributed by atoms with Crippen molar-refractivity contribution in [2.24, 2.45) is 11.5 Å². The Hall–Kier alpha value is -1.40. The minimum Gasteiger partial charge on any atom is -0.480 e. The van der Waals surface area contributed by atoms with E-state index >= 15 is 0 Å². The van der Waals surface area contributed by atoms with E-state index in [1.807, 2.05) is 0 Å². The van der Waals surface area contributed by atoms with E-state index in [-0.39, 0.29) is 0 Å². The Morgan fingerprint density at radius 3 is 2.60 bits per heavy atom. The summed E-state index contributed by atoms with van der Waals surface area (Å²) in [6.07, 6.45) is 7.25. The average molecular weight is 214 g/mol. The zero-order valence-electron chi connectivity index (χ0n) is 8.60. The first kappa shape index (κ1) is 13.6. The van der Waals surface area contributed by atoms with Gasteiger partial charge in [0.1, 0.15) is 6.04 Å². The molecule has 86 valence electrons. The van der Waals surface area contributed by atoms with Crippen LogP contribution in [0.3, 0.4) is 0 Å². The van der Waals surface area contributed by atoms with E-state index in [4.69, 9.17) is 16.6 Å². The average Bonchev–Trinajstić information content (AvgIpc) is 2.75. The van der Waals surface area contributed by atoms with E-state index in [0.29, 0.717) is 13.0 Å². The van der Waals surface area contributed by atoms with Crippen LogP contribution in [0.1, 0.15) is 19.3 Å². The van der Waals surface area contributed by atoms with Gasteiger partial charge in [-0.15, -0.1) is 0 Å². The first-order valence-electron chi connectivity index (χ1n) is 4.79. The Balaban J connectivity index is 0.000000322. The zero-order valence-corrected chi connectivity index (χ0v) is 8.60. The van der Waals surface area contributed by atoms with Crippen LogP contribution >= 0.6 is 0 Å². The minimum atomic E-state index is -0.933. The summed E-state index contributed by atoms with van der Waals surface area (Å²) in [6, 6.07) is -0.716. The van der Waals surface area contributed by atoms with E-state index in [1.54, 1.807) is 18.7 Å². The second-order valence-electron chi connectivity index (χ2n) is 2.99. The number of unbranched alkanes of at least 4 members (excludes halogenated alkanes) is 1. The van der Waals surface area contributed by atoms with Crippen LogP contribution in [0.25, 0.3) is 0 Å². The van der Waals surface area contributed by atoms with Crippen LogP contribution in [0.4, 0.5) is 0 Å². The first-order chi connectivity index (χ1) is 7.18. The Morgan fingerprint density at radius 1 is 1.53 bits per heavy atom. The highest BCUT2D eigenvalue weighted by Gasteiger charge is 2.09. The summed E-state index contributed by atoms with van der Waals surface area (Å²) in [4.78, 5) is 16.6. The summed E-state index contributed by atoms with van der Waals surface area (Å²) in [7, 11) is 0. The second kappa shape index (κ2) is 9.17. The van der Waals surface area contributed by atoms with Crippen molar-refractivity contribution in [3.8, 4) is 0 Å². The molecular weight excluding hydrogens is 196 g/mol. The maximum absolute atomic E-state index is 10.1. The van der Waals surface area contributed by atoms with Gasteiger partial charge < -0.3 is 21.6 Å². The van der Waals surface area contributed by atoms with Crippen molar-refractivity contribution in [1.82, 2.24) is 9.97 Å². The van der Waals surface area contributed by atoms with E-state index in [9.17, 15) is 4.79 Å². The van der Waals surface area contributed by atoms with Crippen LogP contribution in [-0.4, -0.2) is 33.6 Å². The molecule has 0 aliphatic rings. The van der Waals surface area contributed by atoms with E-state index < -0.39 is 12.0 Å². The number of imidazole rings is 1. The molecule has 6 nitrogen and oxygen atoms in total. The number of carboxylic acid groups (broad SMARTS) is 1.